The normalized spacial score (nSPS) is 12.1. The van der Waals surface area contributed by atoms with Gasteiger partial charge in [-0.25, -0.2) is 23.7 Å². The maximum absolute atomic E-state index is 15.4. The summed E-state index contributed by atoms with van der Waals surface area (Å²) in [6.45, 7) is 1.82. The number of rotatable bonds is 6. The molecule has 4 aromatic rings. The second-order valence-corrected chi connectivity index (χ2v) is 9.19. The van der Waals surface area contributed by atoms with Crippen LogP contribution in [0.25, 0.3) is 11.0 Å². The second-order valence-electron chi connectivity index (χ2n) is 6.60. The van der Waals surface area contributed by atoms with Gasteiger partial charge in [-0.05, 0) is 54.8 Å². The molecule has 0 spiro atoms. The highest BCUT2D eigenvalue weighted by atomic mass is 35.5. The third-order valence-corrected chi connectivity index (χ3v) is 6.99. The molecular weight excluding hydrogens is 491 g/mol. The van der Waals surface area contributed by atoms with Gasteiger partial charge >= 0.3 is 0 Å². The standard InChI is InChI=1S/C22H17Cl2F2N5OS/c1-3-33(17-8-4-12(32-2)10-13(17)23)31-15-6-5-14(25)20(19(15)26)30-22-21-16(27-11-28-22)7-9-18(24)29-21/h3-11,31H,1-2H3,(H,27,28,30). The highest BCUT2D eigenvalue weighted by Gasteiger charge is 2.18. The Morgan fingerprint density at radius 3 is 2.61 bits per heavy atom. The lowest BCUT2D eigenvalue weighted by Crippen LogP contribution is -2.05. The van der Waals surface area contributed by atoms with Gasteiger partial charge in [0, 0.05) is 4.90 Å². The van der Waals surface area contributed by atoms with E-state index in [2.05, 4.69) is 25.0 Å². The summed E-state index contributed by atoms with van der Waals surface area (Å²) in [5.41, 5.74) is 0.455. The predicted octanol–water partition coefficient (Wildman–Crippen LogP) is 6.84. The third-order valence-electron chi connectivity index (χ3n) is 4.61. The molecule has 0 amide bonds. The van der Waals surface area contributed by atoms with Gasteiger partial charge in [-0.15, -0.1) is 0 Å². The number of ether oxygens (including phenoxy) is 1. The third kappa shape index (κ3) is 4.85. The first-order valence-electron chi connectivity index (χ1n) is 9.56. The Balaban J connectivity index is 1.70. The molecule has 0 aliphatic carbocycles. The summed E-state index contributed by atoms with van der Waals surface area (Å²) >= 11 is 12.4. The summed E-state index contributed by atoms with van der Waals surface area (Å²) in [5.74, 6) is -0.896. The van der Waals surface area contributed by atoms with Crippen molar-refractivity contribution >= 4 is 67.5 Å². The molecular formula is C22H17Cl2F2N5OS. The van der Waals surface area contributed by atoms with Gasteiger partial charge in [0.05, 0.1) is 23.3 Å². The van der Waals surface area contributed by atoms with Crippen LogP contribution >= 0.6 is 33.9 Å². The van der Waals surface area contributed by atoms with Crippen LogP contribution in [0.2, 0.25) is 10.2 Å². The predicted molar refractivity (Wildman–Crippen MR) is 131 cm³/mol. The van der Waals surface area contributed by atoms with E-state index < -0.39 is 22.3 Å². The van der Waals surface area contributed by atoms with E-state index in [0.29, 0.717) is 16.3 Å². The Hall–Kier alpha value is -3.01. The van der Waals surface area contributed by atoms with Gasteiger partial charge in [0.1, 0.15) is 34.3 Å². The number of hydrogen-bond donors (Lipinski definition) is 2. The molecule has 6 nitrogen and oxygen atoms in total. The lowest BCUT2D eigenvalue weighted by molar-refractivity contribution is 0.414. The Morgan fingerprint density at radius 1 is 1.06 bits per heavy atom. The molecule has 0 bridgehead atoms. The first-order chi connectivity index (χ1) is 15.9. The minimum absolute atomic E-state index is 0.0802. The topological polar surface area (TPSA) is 72.0 Å². The Labute approximate surface area is 201 Å². The zero-order valence-corrected chi connectivity index (χ0v) is 19.7. The SMILES string of the molecule is CC=S(Nc1ccc(F)c(Nc2ncnc3ccc(Cl)nc23)c1F)c1ccc(OC)cc1Cl. The van der Waals surface area contributed by atoms with Crippen LogP contribution in [0.3, 0.4) is 0 Å². The van der Waals surface area contributed by atoms with E-state index in [1.807, 2.05) is 12.3 Å². The van der Waals surface area contributed by atoms with E-state index in [4.69, 9.17) is 27.9 Å². The minimum Gasteiger partial charge on any atom is -0.497 e. The monoisotopic (exact) mass is 507 g/mol. The van der Waals surface area contributed by atoms with Crippen LogP contribution in [0.1, 0.15) is 6.92 Å². The molecule has 0 aliphatic heterocycles. The smallest absolute Gasteiger partial charge is 0.173 e. The molecule has 2 aromatic carbocycles. The molecule has 2 heterocycles. The van der Waals surface area contributed by atoms with E-state index >= 15 is 4.39 Å². The van der Waals surface area contributed by atoms with Gasteiger partial charge in [-0.1, -0.05) is 33.9 Å². The lowest BCUT2D eigenvalue weighted by atomic mass is 10.2. The number of nitrogens with zero attached hydrogens (tertiary/aromatic N) is 3. The number of benzene rings is 2. The van der Waals surface area contributed by atoms with Crippen molar-refractivity contribution in [1.29, 1.82) is 0 Å². The second kappa shape index (κ2) is 9.86. The van der Waals surface area contributed by atoms with Crippen LogP contribution < -0.4 is 14.8 Å². The number of anilines is 3. The lowest BCUT2D eigenvalue weighted by Gasteiger charge is -2.17. The van der Waals surface area contributed by atoms with E-state index in [1.54, 1.807) is 37.4 Å². The van der Waals surface area contributed by atoms with E-state index in [0.717, 1.165) is 11.0 Å². The fourth-order valence-corrected chi connectivity index (χ4v) is 4.95. The molecule has 1 unspecified atom stereocenters. The maximum Gasteiger partial charge on any atom is 0.173 e. The molecule has 0 saturated heterocycles. The molecule has 0 saturated carbocycles. The summed E-state index contributed by atoms with van der Waals surface area (Å²) in [6, 6.07) is 10.9. The molecule has 0 aliphatic rings. The maximum atomic E-state index is 15.4. The number of nitrogens with one attached hydrogen (secondary N) is 2. The number of methoxy groups -OCH3 is 1. The average molecular weight is 508 g/mol. The van der Waals surface area contributed by atoms with Crippen molar-refractivity contribution in [3.8, 4) is 5.75 Å². The molecule has 4 rings (SSSR count). The Morgan fingerprint density at radius 2 is 1.88 bits per heavy atom. The van der Waals surface area contributed by atoms with Crippen LogP contribution in [0.5, 0.6) is 5.75 Å². The van der Waals surface area contributed by atoms with Crippen molar-refractivity contribution in [3.63, 3.8) is 0 Å². The zero-order valence-electron chi connectivity index (χ0n) is 17.4. The van der Waals surface area contributed by atoms with Gasteiger partial charge in [-0.2, -0.15) is 0 Å². The number of halogens is 4. The summed E-state index contributed by atoms with van der Waals surface area (Å²) < 4.78 is 38.3. The highest BCUT2D eigenvalue weighted by molar-refractivity contribution is 8.16. The van der Waals surface area contributed by atoms with Gasteiger partial charge in [0.15, 0.2) is 11.6 Å². The van der Waals surface area contributed by atoms with Crippen LogP contribution in [0, 0.1) is 11.6 Å². The van der Waals surface area contributed by atoms with Crippen molar-refractivity contribution in [1.82, 2.24) is 15.0 Å². The Bertz CT molecular complexity index is 1390. The fourth-order valence-electron chi connectivity index (χ4n) is 3.02. The average Bonchev–Trinajstić information content (AvgIpc) is 2.81. The van der Waals surface area contributed by atoms with Crippen molar-refractivity contribution in [2.75, 3.05) is 17.1 Å². The summed E-state index contributed by atoms with van der Waals surface area (Å²) in [4.78, 5) is 13.1. The molecule has 33 heavy (non-hydrogen) atoms. The van der Waals surface area contributed by atoms with E-state index in [9.17, 15) is 4.39 Å². The number of fused-ring (bicyclic) bond motifs is 1. The van der Waals surface area contributed by atoms with Crippen LogP contribution in [-0.4, -0.2) is 27.4 Å². The van der Waals surface area contributed by atoms with Crippen molar-refractivity contribution in [2.45, 2.75) is 11.8 Å². The number of pyridine rings is 1. The van der Waals surface area contributed by atoms with Crippen LogP contribution in [0.15, 0.2) is 53.7 Å². The molecule has 11 heteroatoms. The molecule has 2 aromatic heterocycles. The molecule has 1 atom stereocenters. The molecule has 170 valence electrons. The highest BCUT2D eigenvalue weighted by Crippen LogP contribution is 2.38. The van der Waals surface area contributed by atoms with E-state index in [-0.39, 0.29) is 27.9 Å². The van der Waals surface area contributed by atoms with Crippen LogP contribution in [0.4, 0.5) is 26.0 Å². The van der Waals surface area contributed by atoms with Gasteiger partial charge in [0.25, 0.3) is 0 Å². The molecule has 0 fully saturated rings. The number of aromatic nitrogens is 3. The van der Waals surface area contributed by atoms with Crippen molar-refractivity contribution in [3.05, 3.63) is 70.6 Å². The Kier molecular flexibility index (Phi) is 6.92. The van der Waals surface area contributed by atoms with Crippen molar-refractivity contribution in [2.24, 2.45) is 0 Å². The number of hydrogen-bond acceptors (Lipinski definition) is 6. The first kappa shape index (κ1) is 23.2. The van der Waals surface area contributed by atoms with Gasteiger partial charge in [0.2, 0.25) is 0 Å². The van der Waals surface area contributed by atoms with Gasteiger partial charge < -0.3 is 14.8 Å². The van der Waals surface area contributed by atoms with Crippen LogP contribution in [-0.2, 0) is 0 Å². The summed E-state index contributed by atoms with van der Waals surface area (Å²) in [5, 5.41) is 5.20. The summed E-state index contributed by atoms with van der Waals surface area (Å²) in [6.07, 6.45) is 1.27. The first-order valence-corrected chi connectivity index (χ1v) is 11.6. The van der Waals surface area contributed by atoms with E-state index in [1.165, 1.54) is 12.4 Å². The minimum atomic E-state index is -0.826. The fraction of sp³-hybridized carbons (Fsp3) is 0.0909. The van der Waals surface area contributed by atoms with Crippen molar-refractivity contribution < 1.29 is 13.5 Å². The zero-order chi connectivity index (χ0) is 23.5. The summed E-state index contributed by atoms with van der Waals surface area (Å²) in [7, 11) is 0.771. The quantitative estimate of drug-likeness (QED) is 0.220. The molecule has 0 radical (unpaired) electrons. The molecule has 2 N–H and O–H groups in total. The van der Waals surface area contributed by atoms with Gasteiger partial charge in [-0.3, -0.25) is 0 Å². The largest absolute Gasteiger partial charge is 0.497 e.